The first-order chi connectivity index (χ1) is 25.0. The summed E-state index contributed by atoms with van der Waals surface area (Å²) in [4.78, 5) is 43.6. The van der Waals surface area contributed by atoms with Crippen molar-refractivity contribution in [2.45, 2.75) is 31.6 Å². The molecule has 1 unspecified atom stereocenters. The van der Waals surface area contributed by atoms with Gasteiger partial charge in [-0.3, -0.25) is 9.59 Å². The maximum atomic E-state index is 14.0. The van der Waals surface area contributed by atoms with Crippen LogP contribution in [0.4, 0.5) is 23.4 Å². The molecular formula is C29H27F4N7O5. The van der Waals surface area contributed by atoms with Gasteiger partial charge < -0.3 is 29.9 Å². The number of alkyl halides is 3. The van der Waals surface area contributed by atoms with Gasteiger partial charge in [0.1, 0.15) is 29.5 Å². The van der Waals surface area contributed by atoms with Crippen LogP contribution in [-0.4, -0.2) is 66.7 Å². The number of carbonyl (C=O) groups excluding carboxylic acids is 2. The number of hydroxylamine groups is 1. The number of anilines is 1. The van der Waals surface area contributed by atoms with E-state index in [0.29, 0.717) is 6.40 Å². The fourth-order valence-corrected chi connectivity index (χ4v) is 4.29. The van der Waals surface area contributed by atoms with Crippen LogP contribution in [-0.2, 0) is 4.84 Å². The summed E-state index contributed by atoms with van der Waals surface area (Å²) in [6, 6.07) is 6.67. The highest BCUT2D eigenvalue weighted by atomic mass is 19.4. The second-order valence-electron chi connectivity index (χ2n) is 9.43. The zero-order chi connectivity index (χ0) is 40.0. The first-order valence-corrected chi connectivity index (χ1v) is 12.7. The maximum Gasteiger partial charge on any atom is 0.405 e. The van der Waals surface area contributed by atoms with Gasteiger partial charge in [-0.1, -0.05) is 0 Å². The summed E-state index contributed by atoms with van der Waals surface area (Å²) < 4.78 is 136. The second-order valence-corrected chi connectivity index (χ2v) is 9.43. The summed E-state index contributed by atoms with van der Waals surface area (Å²) in [6.07, 6.45) is -5.19. The molecule has 236 valence electrons. The number of fused-ring (bicyclic) bond motifs is 1. The molecular weight excluding hydrogens is 602 g/mol. The fourth-order valence-electron chi connectivity index (χ4n) is 4.29. The lowest BCUT2D eigenvalue weighted by atomic mass is 9.99. The van der Waals surface area contributed by atoms with Crippen molar-refractivity contribution in [3.8, 4) is 28.3 Å². The average Bonchev–Trinajstić information content (AvgIpc) is 3.72. The number of nitrogens with zero attached hydrogens (tertiary/aromatic N) is 3. The Bertz CT molecular complexity index is 2090. The molecule has 1 aliphatic heterocycles. The number of amides is 2. The van der Waals surface area contributed by atoms with E-state index in [2.05, 4.69) is 31.1 Å². The number of pyridine rings is 2. The van der Waals surface area contributed by atoms with Crippen LogP contribution in [0.5, 0.6) is 5.88 Å². The van der Waals surface area contributed by atoms with Crippen LogP contribution < -0.4 is 26.2 Å². The Morgan fingerprint density at radius 2 is 1.91 bits per heavy atom. The van der Waals surface area contributed by atoms with Crippen molar-refractivity contribution < 1.29 is 53.5 Å². The minimum absolute atomic E-state index is 0.0935. The van der Waals surface area contributed by atoms with Crippen LogP contribution in [0.3, 0.4) is 0 Å². The Balaban J connectivity index is 1.76. The lowest BCUT2D eigenvalue weighted by Gasteiger charge is -2.29. The van der Waals surface area contributed by atoms with E-state index in [1.807, 2.05) is 5.32 Å². The van der Waals surface area contributed by atoms with Crippen molar-refractivity contribution in [2.24, 2.45) is 4.99 Å². The van der Waals surface area contributed by atoms with Gasteiger partial charge in [0.15, 0.2) is 12.6 Å². The van der Waals surface area contributed by atoms with E-state index in [4.69, 9.17) is 26.3 Å². The Hall–Kier alpha value is -5.25. The molecule has 1 aromatic carbocycles. The van der Waals surface area contributed by atoms with E-state index in [-0.39, 0.29) is 39.1 Å². The molecule has 0 spiro atoms. The molecule has 4 aromatic rings. The molecule has 16 heteroatoms. The number of benzene rings is 1. The van der Waals surface area contributed by atoms with Gasteiger partial charge in [0.2, 0.25) is 11.6 Å². The van der Waals surface area contributed by atoms with E-state index in [0.717, 1.165) is 30.5 Å². The molecule has 2 amide bonds. The summed E-state index contributed by atoms with van der Waals surface area (Å²) in [5.74, 6) is -4.62. The third-order valence-corrected chi connectivity index (χ3v) is 6.37. The molecule has 0 aliphatic carbocycles. The van der Waals surface area contributed by atoms with Gasteiger partial charge in [-0.05, 0) is 50.1 Å². The standard InChI is InChI=1S/C29H27F4N7O5/c1-28(2,27-37-13-44-40-27)39-23(41)19-9-15(11-35-25(19)43-4)17-10-18-20(24(42)34-3)21(14-5-7-16(30)8-6-14)45-26(18)38-22(17)36-12-29(31,32)33/h5-11,13,27,40H,12H2,1-4H3,(H,34,42)(H,36,38)(H,39,41)/i1D3,2D3,4D3. The zero-order valence-corrected chi connectivity index (χ0v) is 22.8. The molecule has 1 atom stereocenters. The number of aliphatic imine (C=N–C) groups is 1. The average molecular weight is 639 g/mol. The summed E-state index contributed by atoms with van der Waals surface area (Å²) in [5.41, 5.74) is -3.00. The van der Waals surface area contributed by atoms with Gasteiger partial charge in [-0.2, -0.15) is 18.2 Å². The number of hydrogen-bond acceptors (Lipinski definition) is 10. The van der Waals surface area contributed by atoms with Crippen LogP contribution in [0.25, 0.3) is 33.6 Å². The Morgan fingerprint density at radius 3 is 2.56 bits per heavy atom. The number of halogens is 4. The molecule has 0 radical (unpaired) electrons. The fraction of sp³-hybridized carbons (Fsp3) is 0.276. The first kappa shape index (κ1) is 21.5. The van der Waals surface area contributed by atoms with Gasteiger partial charge >= 0.3 is 6.18 Å². The normalized spacial score (nSPS) is 18.5. The van der Waals surface area contributed by atoms with E-state index in [1.54, 1.807) is 0 Å². The summed E-state index contributed by atoms with van der Waals surface area (Å²) in [6.45, 7) is -8.78. The molecule has 4 N–H and O–H groups in total. The van der Waals surface area contributed by atoms with Crippen LogP contribution in [0.15, 0.2) is 52.0 Å². The van der Waals surface area contributed by atoms with Gasteiger partial charge in [0.05, 0.1) is 27.6 Å². The monoisotopic (exact) mass is 638 g/mol. The number of aromatic nitrogens is 2. The highest BCUT2D eigenvalue weighted by molar-refractivity contribution is 6.11. The molecule has 4 heterocycles. The lowest BCUT2D eigenvalue weighted by molar-refractivity contribution is -0.115. The first-order valence-electron chi connectivity index (χ1n) is 17.2. The molecule has 0 fully saturated rings. The number of nitrogens with one attached hydrogen (secondary N) is 4. The number of ether oxygens (including phenoxy) is 1. The van der Waals surface area contributed by atoms with Crippen molar-refractivity contribution in [3.05, 3.63) is 59.5 Å². The molecule has 0 saturated heterocycles. The lowest BCUT2D eigenvalue weighted by Crippen LogP contribution is -2.55. The summed E-state index contributed by atoms with van der Waals surface area (Å²) in [5, 5.41) is 6.33. The van der Waals surface area contributed by atoms with Crippen LogP contribution in [0.1, 0.15) is 46.8 Å². The van der Waals surface area contributed by atoms with Gasteiger partial charge in [0, 0.05) is 38.2 Å². The van der Waals surface area contributed by atoms with Crippen molar-refractivity contribution in [2.75, 3.05) is 25.9 Å². The number of methoxy groups -OCH3 is 1. The molecule has 5 rings (SSSR count). The Kier molecular flexibility index (Phi) is 5.73. The largest absolute Gasteiger partial charge is 0.480 e. The van der Waals surface area contributed by atoms with E-state index >= 15 is 0 Å². The number of rotatable bonds is 9. The Labute approximate surface area is 265 Å². The van der Waals surface area contributed by atoms with E-state index < -0.39 is 80.1 Å². The van der Waals surface area contributed by atoms with E-state index in [1.165, 1.54) is 19.2 Å². The third kappa shape index (κ3) is 6.50. The minimum atomic E-state index is -4.81. The zero-order valence-electron chi connectivity index (χ0n) is 31.8. The van der Waals surface area contributed by atoms with Gasteiger partial charge in [0.25, 0.3) is 11.8 Å². The summed E-state index contributed by atoms with van der Waals surface area (Å²) in [7, 11) is -2.01. The van der Waals surface area contributed by atoms with Crippen LogP contribution in [0, 0.1) is 5.82 Å². The number of furan rings is 1. The quantitative estimate of drug-likeness (QED) is 0.195. The molecule has 3 aromatic heterocycles. The van der Waals surface area contributed by atoms with Crippen molar-refractivity contribution in [1.82, 2.24) is 26.1 Å². The predicted molar refractivity (Wildman–Crippen MR) is 155 cm³/mol. The minimum Gasteiger partial charge on any atom is -0.480 e. The summed E-state index contributed by atoms with van der Waals surface area (Å²) >= 11 is 0. The predicted octanol–water partition coefficient (Wildman–Crippen LogP) is 4.44. The maximum absolute atomic E-state index is 14.0. The highest BCUT2D eigenvalue weighted by Crippen LogP contribution is 2.39. The number of hydrogen-bond donors (Lipinski definition) is 4. The van der Waals surface area contributed by atoms with Gasteiger partial charge in [-0.15, -0.1) is 5.48 Å². The smallest absolute Gasteiger partial charge is 0.405 e. The SMILES string of the molecule is [2H]C([2H])([2H])Oc1ncc(-c2cc3c(C(=O)NC)c(-c4ccc(F)cc4)oc3nc2NCC(F)(F)F)cc1C(=O)NC(C1N=CON1)(C([2H])([2H])[2H])C([2H])([2H])[2H]. The van der Waals surface area contributed by atoms with Crippen molar-refractivity contribution in [3.63, 3.8) is 0 Å². The number of carbonyl (C=O) groups is 2. The molecule has 0 saturated carbocycles. The second kappa shape index (κ2) is 12.0. The molecule has 0 bridgehead atoms. The molecule has 1 aliphatic rings. The van der Waals surface area contributed by atoms with Gasteiger partial charge in [-0.25, -0.2) is 14.4 Å². The van der Waals surface area contributed by atoms with Crippen LogP contribution in [0.2, 0.25) is 0 Å². The van der Waals surface area contributed by atoms with Crippen molar-refractivity contribution >= 4 is 35.1 Å². The molecule has 45 heavy (non-hydrogen) atoms. The topological polar surface area (TPSA) is 152 Å². The molecule has 12 nitrogen and oxygen atoms in total. The van der Waals surface area contributed by atoms with Crippen LogP contribution >= 0.6 is 0 Å². The highest BCUT2D eigenvalue weighted by Gasteiger charge is 2.35. The van der Waals surface area contributed by atoms with Crippen molar-refractivity contribution in [1.29, 1.82) is 0 Å². The van der Waals surface area contributed by atoms with E-state index in [9.17, 15) is 27.2 Å². The third-order valence-electron chi connectivity index (χ3n) is 6.37. The Morgan fingerprint density at radius 1 is 1.13 bits per heavy atom.